The van der Waals surface area contributed by atoms with Gasteiger partial charge in [-0.2, -0.15) is 16.7 Å². The number of nitrogens with zero attached hydrogens (tertiary/aromatic N) is 3. The van der Waals surface area contributed by atoms with Crippen LogP contribution in [0.5, 0.6) is 5.75 Å². The first kappa shape index (κ1) is 15.4. The van der Waals surface area contributed by atoms with Gasteiger partial charge in [0.2, 0.25) is 5.89 Å². The molecular formula is C16H21N3O2S. The molecule has 3 rings (SSSR count). The Kier molecular flexibility index (Phi) is 4.69. The fourth-order valence-corrected chi connectivity index (χ4v) is 2.99. The van der Waals surface area contributed by atoms with Crippen molar-refractivity contribution in [2.45, 2.75) is 32.2 Å². The normalized spacial score (nSPS) is 15.8. The second kappa shape index (κ2) is 6.71. The quantitative estimate of drug-likeness (QED) is 0.816. The van der Waals surface area contributed by atoms with Crippen LogP contribution in [-0.2, 0) is 12.3 Å². The summed E-state index contributed by atoms with van der Waals surface area (Å²) in [6.07, 6.45) is 2.27. The van der Waals surface area contributed by atoms with Crippen molar-refractivity contribution in [1.29, 1.82) is 0 Å². The molecule has 5 nitrogen and oxygen atoms in total. The van der Waals surface area contributed by atoms with Gasteiger partial charge < -0.3 is 9.26 Å². The minimum absolute atomic E-state index is 0.244. The molecule has 0 radical (unpaired) electrons. The van der Waals surface area contributed by atoms with Gasteiger partial charge in [0, 0.05) is 13.1 Å². The molecule has 1 fully saturated rings. The molecule has 1 aromatic carbocycles. The van der Waals surface area contributed by atoms with E-state index >= 15 is 0 Å². The van der Waals surface area contributed by atoms with Crippen LogP contribution in [0.25, 0.3) is 0 Å². The van der Waals surface area contributed by atoms with Gasteiger partial charge in [-0.1, -0.05) is 23.4 Å². The zero-order valence-corrected chi connectivity index (χ0v) is 14.0. The lowest BCUT2D eigenvalue weighted by molar-refractivity contribution is 0.00787. The highest BCUT2D eigenvalue weighted by Crippen LogP contribution is 2.26. The molecule has 2 heterocycles. The van der Waals surface area contributed by atoms with Gasteiger partial charge in [0.1, 0.15) is 11.9 Å². The topological polar surface area (TPSA) is 51.4 Å². The lowest BCUT2D eigenvalue weighted by Crippen LogP contribution is -2.53. The van der Waals surface area contributed by atoms with Crippen molar-refractivity contribution in [2.24, 2.45) is 0 Å². The molecule has 2 aromatic rings. The van der Waals surface area contributed by atoms with E-state index in [9.17, 15) is 0 Å². The minimum Gasteiger partial charge on any atom is -0.487 e. The minimum atomic E-state index is 0.244. The van der Waals surface area contributed by atoms with Crippen LogP contribution in [0, 0.1) is 13.8 Å². The molecule has 0 amide bonds. The van der Waals surface area contributed by atoms with E-state index in [1.165, 1.54) is 11.1 Å². The van der Waals surface area contributed by atoms with E-state index in [1.807, 2.05) is 6.26 Å². The van der Waals surface area contributed by atoms with E-state index in [1.54, 1.807) is 11.8 Å². The molecular weight excluding hydrogens is 298 g/mol. The van der Waals surface area contributed by atoms with Crippen LogP contribution in [-0.4, -0.2) is 40.5 Å². The summed E-state index contributed by atoms with van der Waals surface area (Å²) in [6.45, 7) is 6.67. The third-order valence-corrected chi connectivity index (χ3v) is 4.31. The first-order valence-corrected chi connectivity index (χ1v) is 8.80. The lowest BCUT2D eigenvalue weighted by atomic mass is 10.1. The van der Waals surface area contributed by atoms with Crippen LogP contribution in [0.3, 0.4) is 0 Å². The van der Waals surface area contributed by atoms with Crippen LogP contribution in [0.2, 0.25) is 0 Å². The van der Waals surface area contributed by atoms with Crippen LogP contribution in [0.1, 0.15) is 22.8 Å². The molecule has 0 saturated carbocycles. The molecule has 22 heavy (non-hydrogen) atoms. The van der Waals surface area contributed by atoms with E-state index in [4.69, 9.17) is 9.26 Å². The van der Waals surface area contributed by atoms with Crippen molar-refractivity contribution < 1.29 is 9.26 Å². The highest BCUT2D eigenvalue weighted by molar-refractivity contribution is 7.97. The standard InChI is InChI=1S/C16H21N3O2S/c1-11-5-4-6-12(2)16(11)20-13-7-19(8-13)9-15-17-14(10-22-3)18-21-15/h4-6,13H,7-10H2,1-3H3. The monoisotopic (exact) mass is 319 g/mol. The summed E-state index contributed by atoms with van der Waals surface area (Å²) < 4.78 is 11.4. The lowest BCUT2D eigenvalue weighted by Gasteiger charge is -2.38. The SMILES string of the molecule is CSCc1noc(CN2CC(Oc3c(C)cccc3C)C2)n1. The summed E-state index contributed by atoms with van der Waals surface area (Å²) in [5.41, 5.74) is 2.38. The van der Waals surface area contributed by atoms with Crippen molar-refractivity contribution in [2.75, 3.05) is 19.3 Å². The zero-order valence-electron chi connectivity index (χ0n) is 13.2. The number of hydrogen-bond donors (Lipinski definition) is 0. The van der Waals surface area contributed by atoms with Gasteiger partial charge in [-0.15, -0.1) is 0 Å². The fourth-order valence-electron chi connectivity index (χ4n) is 2.61. The first-order chi connectivity index (χ1) is 10.7. The Morgan fingerprint density at radius 3 is 2.73 bits per heavy atom. The maximum atomic E-state index is 6.11. The van der Waals surface area contributed by atoms with Gasteiger partial charge in [0.15, 0.2) is 5.82 Å². The van der Waals surface area contributed by atoms with Crippen molar-refractivity contribution in [3.8, 4) is 5.75 Å². The molecule has 0 aliphatic carbocycles. The van der Waals surface area contributed by atoms with Crippen molar-refractivity contribution in [3.05, 3.63) is 41.0 Å². The van der Waals surface area contributed by atoms with Gasteiger partial charge in [-0.3, -0.25) is 4.90 Å². The van der Waals surface area contributed by atoms with Gasteiger partial charge in [0.05, 0.1) is 12.3 Å². The summed E-state index contributed by atoms with van der Waals surface area (Å²) in [5.74, 6) is 3.27. The number of aromatic nitrogens is 2. The molecule has 6 heteroatoms. The third kappa shape index (κ3) is 3.44. The summed E-state index contributed by atoms with van der Waals surface area (Å²) >= 11 is 1.69. The molecule has 0 spiro atoms. The molecule has 1 saturated heterocycles. The fraction of sp³-hybridized carbons (Fsp3) is 0.500. The maximum Gasteiger partial charge on any atom is 0.240 e. The first-order valence-electron chi connectivity index (χ1n) is 7.41. The number of rotatable bonds is 6. The Hall–Kier alpha value is -1.53. The number of benzene rings is 1. The Morgan fingerprint density at radius 2 is 2.05 bits per heavy atom. The van der Waals surface area contributed by atoms with Crippen molar-refractivity contribution in [1.82, 2.24) is 15.0 Å². The number of para-hydroxylation sites is 1. The van der Waals surface area contributed by atoms with E-state index in [-0.39, 0.29) is 6.10 Å². The average molecular weight is 319 g/mol. The number of likely N-dealkylation sites (tertiary alicyclic amines) is 1. The molecule has 0 bridgehead atoms. The number of ether oxygens (including phenoxy) is 1. The summed E-state index contributed by atoms with van der Waals surface area (Å²) in [5, 5.41) is 3.96. The molecule has 0 atom stereocenters. The molecule has 1 aliphatic rings. The van der Waals surface area contributed by atoms with E-state index in [0.717, 1.165) is 30.4 Å². The Balaban J connectivity index is 1.49. The molecule has 118 valence electrons. The summed E-state index contributed by atoms with van der Waals surface area (Å²) in [7, 11) is 0. The zero-order chi connectivity index (χ0) is 15.5. The molecule has 0 N–H and O–H groups in total. The second-order valence-corrected chi connectivity index (χ2v) is 6.56. The molecule has 1 aromatic heterocycles. The van der Waals surface area contributed by atoms with Gasteiger partial charge in [-0.25, -0.2) is 0 Å². The van der Waals surface area contributed by atoms with Crippen LogP contribution in [0.15, 0.2) is 22.7 Å². The van der Waals surface area contributed by atoms with Crippen LogP contribution in [0.4, 0.5) is 0 Å². The van der Waals surface area contributed by atoms with Crippen molar-refractivity contribution in [3.63, 3.8) is 0 Å². The Morgan fingerprint density at radius 1 is 1.32 bits per heavy atom. The van der Waals surface area contributed by atoms with Gasteiger partial charge >= 0.3 is 0 Å². The summed E-state index contributed by atoms with van der Waals surface area (Å²) in [4.78, 5) is 6.64. The number of aryl methyl sites for hydroxylation is 2. The molecule has 1 aliphatic heterocycles. The van der Waals surface area contributed by atoms with Crippen LogP contribution < -0.4 is 4.74 Å². The highest BCUT2D eigenvalue weighted by atomic mass is 32.2. The van der Waals surface area contributed by atoms with E-state index in [0.29, 0.717) is 12.4 Å². The summed E-state index contributed by atoms with van der Waals surface area (Å²) in [6, 6.07) is 6.24. The van der Waals surface area contributed by atoms with E-state index in [2.05, 4.69) is 47.1 Å². The van der Waals surface area contributed by atoms with Gasteiger partial charge in [-0.05, 0) is 31.2 Å². The second-order valence-electron chi connectivity index (χ2n) is 5.69. The highest BCUT2D eigenvalue weighted by Gasteiger charge is 2.30. The predicted molar refractivity (Wildman–Crippen MR) is 87.1 cm³/mol. The average Bonchev–Trinajstić information content (AvgIpc) is 2.87. The third-order valence-electron chi connectivity index (χ3n) is 3.76. The number of thioether (sulfide) groups is 1. The van der Waals surface area contributed by atoms with E-state index < -0.39 is 0 Å². The van der Waals surface area contributed by atoms with Crippen molar-refractivity contribution >= 4 is 11.8 Å². The predicted octanol–water partition coefficient (Wildman–Crippen LogP) is 2.81. The van der Waals surface area contributed by atoms with Crippen LogP contribution >= 0.6 is 11.8 Å². The molecule has 0 unspecified atom stereocenters. The largest absolute Gasteiger partial charge is 0.487 e. The Bertz CT molecular complexity index is 618. The number of hydrogen-bond acceptors (Lipinski definition) is 6. The van der Waals surface area contributed by atoms with Gasteiger partial charge in [0.25, 0.3) is 0 Å². The Labute approximate surface area is 135 Å². The maximum absolute atomic E-state index is 6.11. The smallest absolute Gasteiger partial charge is 0.240 e.